The monoisotopic (exact) mass is 396 g/mol. The summed E-state index contributed by atoms with van der Waals surface area (Å²) in [6.45, 7) is 0. The van der Waals surface area contributed by atoms with E-state index in [1.165, 1.54) is 0 Å². The van der Waals surface area contributed by atoms with Gasteiger partial charge in [0.2, 0.25) is 0 Å². The smallest absolute Gasteiger partial charge is 0.268 e. The van der Waals surface area contributed by atoms with E-state index in [1.54, 1.807) is 18.2 Å². The van der Waals surface area contributed by atoms with Crippen molar-refractivity contribution in [2.75, 3.05) is 5.73 Å². The summed E-state index contributed by atoms with van der Waals surface area (Å²) in [4.78, 5) is 14.1. The highest BCUT2D eigenvalue weighted by atomic mass is 127. The van der Waals surface area contributed by atoms with E-state index in [2.05, 4.69) is 27.6 Å². The first-order chi connectivity index (χ1) is 9.47. The zero-order valence-corrected chi connectivity index (χ0v) is 12.8. The van der Waals surface area contributed by atoms with E-state index >= 15 is 0 Å². The van der Waals surface area contributed by atoms with E-state index in [9.17, 15) is 10.1 Å². The number of nitriles is 2. The minimum absolute atomic E-state index is 0.0548. The van der Waals surface area contributed by atoms with Crippen molar-refractivity contribution in [2.24, 2.45) is 0 Å². The van der Waals surface area contributed by atoms with Gasteiger partial charge in [0.1, 0.15) is 29.1 Å². The maximum absolute atomic E-state index is 11.8. The number of nitrogens with two attached hydrogens (primary N) is 1. The molecule has 0 spiro atoms. The summed E-state index contributed by atoms with van der Waals surface area (Å²) in [6, 6.07) is 8.75. The van der Waals surface area contributed by atoms with Crippen molar-refractivity contribution < 1.29 is 0 Å². The van der Waals surface area contributed by atoms with Crippen molar-refractivity contribution in [3.63, 3.8) is 0 Å². The number of rotatable bonds is 1. The molecular weight excluding hydrogens is 391 g/mol. The molecule has 2 rings (SSSR count). The number of nitrogen functional groups attached to an aromatic ring is 1. The Kier molecular flexibility index (Phi) is 3.98. The maximum Gasteiger partial charge on any atom is 0.268 e. The second kappa shape index (κ2) is 5.53. The molecule has 3 N–H and O–H groups in total. The normalized spacial score (nSPS) is 9.80. The number of hydrogen-bond donors (Lipinski definition) is 2. The highest BCUT2D eigenvalue weighted by Crippen LogP contribution is 2.31. The standard InChI is InChI=1S/C13H6ClIN4O/c14-7-1-6(2-8(15)3-7)11-9(4-16)12(18)19-13(20)10(11)5-17/h1-3H,(H3,18,19,20). The summed E-state index contributed by atoms with van der Waals surface area (Å²) in [5.41, 5.74) is 5.63. The molecule has 98 valence electrons. The Morgan fingerprint density at radius 3 is 2.40 bits per heavy atom. The van der Waals surface area contributed by atoms with Gasteiger partial charge in [-0.3, -0.25) is 4.79 Å². The minimum atomic E-state index is -0.631. The first kappa shape index (κ1) is 14.4. The molecule has 0 aliphatic rings. The number of benzene rings is 1. The van der Waals surface area contributed by atoms with Crippen LogP contribution in [0.3, 0.4) is 0 Å². The highest BCUT2D eigenvalue weighted by molar-refractivity contribution is 14.1. The van der Waals surface area contributed by atoms with Crippen LogP contribution in [0.15, 0.2) is 23.0 Å². The molecule has 0 atom stereocenters. The van der Waals surface area contributed by atoms with Crippen LogP contribution < -0.4 is 11.3 Å². The van der Waals surface area contributed by atoms with Crippen molar-refractivity contribution in [2.45, 2.75) is 0 Å². The quantitative estimate of drug-likeness (QED) is 0.723. The van der Waals surface area contributed by atoms with Crippen LogP contribution in [0.1, 0.15) is 11.1 Å². The number of nitrogens with zero attached hydrogens (tertiary/aromatic N) is 2. The molecule has 0 fully saturated rings. The van der Waals surface area contributed by atoms with Gasteiger partial charge in [0.25, 0.3) is 5.56 Å². The summed E-state index contributed by atoms with van der Waals surface area (Å²) >= 11 is 8.04. The van der Waals surface area contributed by atoms with Crippen molar-refractivity contribution in [1.82, 2.24) is 4.98 Å². The molecule has 0 saturated heterocycles. The average molecular weight is 397 g/mol. The average Bonchev–Trinajstić information content (AvgIpc) is 2.36. The third kappa shape index (κ3) is 2.48. The van der Waals surface area contributed by atoms with E-state index in [0.717, 1.165) is 3.57 Å². The third-order valence-corrected chi connectivity index (χ3v) is 3.46. The van der Waals surface area contributed by atoms with Gasteiger partial charge in [-0.05, 0) is 46.4 Å². The van der Waals surface area contributed by atoms with Crippen molar-refractivity contribution >= 4 is 40.0 Å². The molecule has 0 saturated carbocycles. The topological polar surface area (TPSA) is 106 Å². The zero-order valence-electron chi connectivity index (χ0n) is 9.87. The first-order valence-electron chi connectivity index (χ1n) is 5.30. The minimum Gasteiger partial charge on any atom is -0.384 e. The van der Waals surface area contributed by atoms with Crippen LogP contribution in [0.2, 0.25) is 5.02 Å². The van der Waals surface area contributed by atoms with Gasteiger partial charge >= 0.3 is 0 Å². The number of aromatic nitrogens is 1. The van der Waals surface area contributed by atoms with Crippen LogP contribution in [0.25, 0.3) is 11.1 Å². The summed E-state index contributed by atoms with van der Waals surface area (Å²) in [5.74, 6) is -0.0681. The van der Waals surface area contributed by atoms with Gasteiger partial charge in [0.05, 0.1) is 0 Å². The SMILES string of the molecule is N#Cc1c(N)[nH]c(=O)c(C#N)c1-c1cc(Cl)cc(I)c1. The lowest BCUT2D eigenvalue weighted by Gasteiger charge is -2.09. The molecule has 0 aliphatic carbocycles. The molecule has 1 heterocycles. The van der Waals surface area contributed by atoms with Crippen molar-refractivity contribution in [1.29, 1.82) is 10.5 Å². The van der Waals surface area contributed by atoms with Gasteiger partial charge in [-0.15, -0.1) is 0 Å². The van der Waals surface area contributed by atoms with Crippen LogP contribution in [0.4, 0.5) is 5.82 Å². The lowest BCUT2D eigenvalue weighted by atomic mass is 9.97. The molecule has 0 aliphatic heterocycles. The second-order valence-electron chi connectivity index (χ2n) is 3.87. The number of aromatic amines is 1. The zero-order chi connectivity index (χ0) is 14.9. The van der Waals surface area contributed by atoms with E-state index in [4.69, 9.17) is 22.6 Å². The second-order valence-corrected chi connectivity index (χ2v) is 5.56. The van der Waals surface area contributed by atoms with E-state index < -0.39 is 5.56 Å². The molecular formula is C13H6ClIN4O. The van der Waals surface area contributed by atoms with E-state index in [-0.39, 0.29) is 22.5 Å². The number of nitrogens with one attached hydrogen (secondary N) is 1. The van der Waals surface area contributed by atoms with E-state index in [1.807, 2.05) is 12.1 Å². The Balaban J connectivity index is 2.96. The van der Waals surface area contributed by atoms with Gasteiger partial charge in [-0.2, -0.15) is 10.5 Å². The Hall–Kier alpha value is -2.03. The van der Waals surface area contributed by atoms with Gasteiger partial charge in [-0.25, -0.2) is 0 Å². The fraction of sp³-hybridized carbons (Fsp3) is 0. The van der Waals surface area contributed by atoms with Crippen LogP contribution >= 0.6 is 34.2 Å². The van der Waals surface area contributed by atoms with Gasteiger partial charge < -0.3 is 10.7 Å². The molecule has 1 aromatic heterocycles. The summed E-state index contributed by atoms with van der Waals surface area (Å²) < 4.78 is 0.816. The lowest BCUT2D eigenvalue weighted by Crippen LogP contribution is -2.16. The molecule has 0 radical (unpaired) electrons. The Labute approximate surface area is 132 Å². The highest BCUT2D eigenvalue weighted by Gasteiger charge is 2.18. The number of H-pyrrole nitrogens is 1. The van der Waals surface area contributed by atoms with Gasteiger partial charge in [0.15, 0.2) is 0 Å². The number of halogens is 2. The van der Waals surface area contributed by atoms with Crippen molar-refractivity contribution in [3.05, 3.63) is 48.3 Å². The molecule has 7 heteroatoms. The van der Waals surface area contributed by atoms with Gasteiger partial charge in [0, 0.05) is 14.2 Å². The van der Waals surface area contributed by atoms with Crippen molar-refractivity contribution in [3.8, 4) is 23.3 Å². The summed E-state index contributed by atoms with van der Waals surface area (Å²) in [7, 11) is 0. The molecule has 0 unspecified atom stereocenters. The van der Waals surface area contributed by atoms with Crippen LogP contribution in [-0.4, -0.2) is 4.98 Å². The Morgan fingerprint density at radius 2 is 1.85 bits per heavy atom. The molecule has 0 bridgehead atoms. The molecule has 1 aromatic carbocycles. The number of pyridine rings is 1. The summed E-state index contributed by atoms with van der Waals surface area (Å²) in [5, 5.41) is 18.8. The number of hydrogen-bond acceptors (Lipinski definition) is 4. The van der Waals surface area contributed by atoms with Gasteiger partial charge in [-0.1, -0.05) is 11.6 Å². The van der Waals surface area contributed by atoms with E-state index in [0.29, 0.717) is 10.6 Å². The van der Waals surface area contributed by atoms with Crippen LogP contribution in [0.5, 0.6) is 0 Å². The molecule has 2 aromatic rings. The molecule has 0 amide bonds. The summed E-state index contributed by atoms with van der Waals surface area (Å²) in [6.07, 6.45) is 0. The predicted molar refractivity (Wildman–Crippen MR) is 84.1 cm³/mol. The fourth-order valence-corrected chi connectivity index (χ4v) is 2.92. The lowest BCUT2D eigenvalue weighted by molar-refractivity contribution is 1.21. The Morgan fingerprint density at radius 1 is 1.20 bits per heavy atom. The fourth-order valence-electron chi connectivity index (χ4n) is 1.83. The molecule has 5 nitrogen and oxygen atoms in total. The van der Waals surface area contributed by atoms with Crippen LogP contribution in [-0.2, 0) is 0 Å². The molecule has 20 heavy (non-hydrogen) atoms. The third-order valence-electron chi connectivity index (χ3n) is 2.62. The largest absolute Gasteiger partial charge is 0.384 e. The Bertz CT molecular complexity index is 825. The number of anilines is 1. The first-order valence-corrected chi connectivity index (χ1v) is 6.76. The maximum atomic E-state index is 11.8. The predicted octanol–water partition coefficient (Wildman–Crippen LogP) is 2.63. The van der Waals surface area contributed by atoms with Crippen LogP contribution in [0, 0.1) is 26.2 Å².